The predicted molar refractivity (Wildman–Crippen MR) is 66.5 cm³/mol. The van der Waals surface area contributed by atoms with Gasteiger partial charge in [-0.3, -0.25) is 4.79 Å². The van der Waals surface area contributed by atoms with E-state index in [0.29, 0.717) is 5.92 Å². The van der Waals surface area contributed by atoms with Gasteiger partial charge < -0.3 is 9.72 Å². The van der Waals surface area contributed by atoms with Crippen LogP contribution in [0.15, 0.2) is 11.1 Å². The van der Waals surface area contributed by atoms with E-state index in [1.807, 2.05) is 0 Å². The Morgan fingerprint density at radius 1 is 1.41 bits per heavy atom. The van der Waals surface area contributed by atoms with Gasteiger partial charge in [-0.05, 0) is 31.1 Å². The molecular weight excluding hydrogens is 240 g/mol. The summed E-state index contributed by atoms with van der Waals surface area (Å²) in [6.07, 6.45) is 4.57. The SMILES string of the molecule is CC1CCC(Oc2nc[nH]c(=O)c2Cl)CC1C. The van der Waals surface area contributed by atoms with Crippen LogP contribution in [0.2, 0.25) is 5.02 Å². The largest absolute Gasteiger partial charge is 0.473 e. The molecule has 4 nitrogen and oxygen atoms in total. The highest BCUT2D eigenvalue weighted by atomic mass is 35.5. The van der Waals surface area contributed by atoms with E-state index in [2.05, 4.69) is 23.8 Å². The molecule has 3 unspecified atom stereocenters. The maximum atomic E-state index is 11.3. The summed E-state index contributed by atoms with van der Waals surface area (Å²) in [5.74, 6) is 1.62. The molecule has 1 aliphatic rings. The second kappa shape index (κ2) is 5.08. The van der Waals surface area contributed by atoms with Crippen molar-refractivity contribution >= 4 is 11.6 Å². The molecule has 0 radical (unpaired) electrons. The number of H-pyrrole nitrogens is 1. The number of rotatable bonds is 2. The van der Waals surface area contributed by atoms with Crippen LogP contribution in [-0.4, -0.2) is 16.1 Å². The number of nitrogens with zero attached hydrogens (tertiary/aromatic N) is 1. The lowest BCUT2D eigenvalue weighted by molar-refractivity contribution is 0.0963. The molecule has 3 atom stereocenters. The Labute approximate surface area is 105 Å². The highest BCUT2D eigenvalue weighted by Gasteiger charge is 2.26. The molecule has 0 saturated heterocycles. The second-order valence-corrected chi connectivity index (χ2v) is 5.24. The van der Waals surface area contributed by atoms with Crippen LogP contribution in [0.25, 0.3) is 0 Å². The predicted octanol–water partition coefficient (Wildman–Crippen LogP) is 2.63. The van der Waals surface area contributed by atoms with Gasteiger partial charge >= 0.3 is 0 Å². The van der Waals surface area contributed by atoms with Gasteiger partial charge in [-0.2, -0.15) is 0 Å². The quantitative estimate of drug-likeness (QED) is 0.885. The highest BCUT2D eigenvalue weighted by Crippen LogP contribution is 2.32. The van der Waals surface area contributed by atoms with Gasteiger partial charge in [0.25, 0.3) is 5.56 Å². The average Bonchev–Trinajstić information content (AvgIpc) is 2.30. The van der Waals surface area contributed by atoms with E-state index in [0.717, 1.165) is 25.2 Å². The van der Waals surface area contributed by atoms with Crippen molar-refractivity contribution in [2.75, 3.05) is 0 Å². The molecule has 1 N–H and O–H groups in total. The van der Waals surface area contributed by atoms with Crippen LogP contribution < -0.4 is 10.3 Å². The van der Waals surface area contributed by atoms with Gasteiger partial charge in [0, 0.05) is 0 Å². The zero-order valence-corrected chi connectivity index (χ0v) is 10.8. The van der Waals surface area contributed by atoms with Crippen molar-refractivity contribution in [1.82, 2.24) is 9.97 Å². The monoisotopic (exact) mass is 256 g/mol. The zero-order chi connectivity index (χ0) is 12.4. The Bertz CT molecular complexity index is 446. The van der Waals surface area contributed by atoms with E-state index in [-0.39, 0.29) is 22.6 Å². The fourth-order valence-electron chi connectivity index (χ4n) is 2.21. The minimum absolute atomic E-state index is 0.0405. The van der Waals surface area contributed by atoms with Gasteiger partial charge in [0.15, 0.2) is 5.02 Å². The summed E-state index contributed by atoms with van der Waals surface area (Å²) >= 11 is 5.85. The van der Waals surface area contributed by atoms with Gasteiger partial charge in [-0.15, -0.1) is 0 Å². The molecule has 1 aromatic rings. The molecule has 5 heteroatoms. The van der Waals surface area contributed by atoms with Crippen molar-refractivity contribution in [2.45, 2.75) is 39.2 Å². The van der Waals surface area contributed by atoms with Crippen molar-refractivity contribution in [3.8, 4) is 5.88 Å². The Morgan fingerprint density at radius 2 is 2.18 bits per heavy atom. The van der Waals surface area contributed by atoms with Crippen LogP contribution in [-0.2, 0) is 0 Å². The lowest BCUT2D eigenvalue weighted by Crippen LogP contribution is -2.29. The lowest BCUT2D eigenvalue weighted by atomic mass is 9.80. The molecule has 0 aliphatic heterocycles. The molecule has 1 aromatic heterocycles. The first-order chi connectivity index (χ1) is 8.08. The van der Waals surface area contributed by atoms with Crippen LogP contribution in [0.3, 0.4) is 0 Å². The molecule has 94 valence electrons. The molecule has 0 amide bonds. The van der Waals surface area contributed by atoms with Crippen LogP contribution in [0.4, 0.5) is 0 Å². The van der Waals surface area contributed by atoms with Crippen LogP contribution >= 0.6 is 11.6 Å². The number of hydrogen-bond acceptors (Lipinski definition) is 3. The fourth-order valence-corrected chi connectivity index (χ4v) is 2.36. The first kappa shape index (κ1) is 12.4. The van der Waals surface area contributed by atoms with E-state index in [9.17, 15) is 4.79 Å². The molecule has 2 rings (SSSR count). The van der Waals surface area contributed by atoms with Crippen molar-refractivity contribution in [2.24, 2.45) is 11.8 Å². The fraction of sp³-hybridized carbons (Fsp3) is 0.667. The summed E-state index contributed by atoms with van der Waals surface area (Å²) in [7, 11) is 0. The number of aromatic amines is 1. The minimum Gasteiger partial charge on any atom is -0.473 e. The third-order valence-electron chi connectivity index (χ3n) is 3.59. The van der Waals surface area contributed by atoms with Crippen molar-refractivity contribution in [3.05, 3.63) is 21.7 Å². The Hall–Kier alpha value is -1.03. The molecule has 0 bridgehead atoms. The molecule has 0 spiro atoms. The Balaban J connectivity index is 2.06. The third-order valence-corrected chi connectivity index (χ3v) is 3.93. The summed E-state index contributed by atoms with van der Waals surface area (Å²) in [5.41, 5.74) is -0.353. The maximum absolute atomic E-state index is 11.3. The van der Waals surface area contributed by atoms with Crippen molar-refractivity contribution in [1.29, 1.82) is 0 Å². The average molecular weight is 257 g/mol. The summed E-state index contributed by atoms with van der Waals surface area (Å²) < 4.78 is 5.72. The van der Waals surface area contributed by atoms with E-state index >= 15 is 0 Å². The van der Waals surface area contributed by atoms with Crippen LogP contribution in [0.1, 0.15) is 33.1 Å². The van der Waals surface area contributed by atoms with Crippen molar-refractivity contribution in [3.63, 3.8) is 0 Å². The topological polar surface area (TPSA) is 55.0 Å². The summed E-state index contributed by atoms with van der Waals surface area (Å²) in [6.45, 7) is 4.49. The smallest absolute Gasteiger partial charge is 0.273 e. The second-order valence-electron chi connectivity index (χ2n) is 4.86. The maximum Gasteiger partial charge on any atom is 0.273 e. The van der Waals surface area contributed by atoms with Crippen LogP contribution in [0.5, 0.6) is 5.88 Å². The van der Waals surface area contributed by atoms with E-state index < -0.39 is 0 Å². The zero-order valence-electron chi connectivity index (χ0n) is 10.1. The number of aromatic nitrogens is 2. The normalized spacial score (nSPS) is 29.0. The van der Waals surface area contributed by atoms with Gasteiger partial charge in [-0.25, -0.2) is 4.98 Å². The first-order valence-corrected chi connectivity index (χ1v) is 6.35. The van der Waals surface area contributed by atoms with E-state index in [1.165, 1.54) is 6.33 Å². The minimum atomic E-state index is -0.353. The third kappa shape index (κ3) is 2.80. The molecule has 1 aliphatic carbocycles. The molecular formula is C12H17ClN2O2. The summed E-state index contributed by atoms with van der Waals surface area (Å²) in [6, 6.07) is 0. The lowest BCUT2D eigenvalue weighted by Gasteiger charge is -2.31. The summed E-state index contributed by atoms with van der Waals surface area (Å²) in [5, 5.41) is 0.0405. The van der Waals surface area contributed by atoms with Gasteiger partial charge in [0.05, 0.1) is 6.33 Å². The molecule has 0 aromatic carbocycles. The van der Waals surface area contributed by atoms with E-state index in [4.69, 9.17) is 16.3 Å². The van der Waals surface area contributed by atoms with Crippen LogP contribution in [0, 0.1) is 11.8 Å². The molecule has 1 saturated carbocycles. The standard InChI is InChI=1S/C12H17ClN2O2/c1-7-3-4-9(5-8(7)2)17-12-10(13)11(16)14-6-15-12/h6-9H,3-5H2,1-2H3,(H,14,15,16). The van der Waals surface area contributed by atoms with Gasteiger partial charge in [0.1, 0.15) is 6.10 Å². The van der Waals surface area contributed by atoms with Gasteiger partial charge in [-0.1, -0.05) is 25.4 Å². The highest BCUT2D eigenvalue weighted by molar-refractivity contribution is 6.31. The molecule has 17 heavy (non-hydrogen) atoms. The Morgan fingerprint density at radius 3 is 2.88 bits per heavy atom. The number of ether oxygens (including phenoxy) is 1. The first-order valence-electron chi connectivity index (χ1n) is 5.97. The number of nitrogens with one attached hydrogen (secondary N) is 1. The number of halogens is 1. The van der Waals surface area contributed by atoms with E-state index in [1.54, 1.807) is 0 Å². The molecule has 1 heterocycles. The Kier molecular flexibility index (Phi) is 3.72. The van der Waals surface area contributed by atoms with Gasteiger partial charge in [0.2, 0.25) is 5.88 Å². The molecule has 1 fully saturated rings. The van der Waals surface area contributed by atoms with Crippen molar-refractivity contribution < 1.29 is 4.74 Å². The summed E-state index contributed by atoms with van der Waals surface area (Å²) in [4.78, 5) is 17.7. The number of hydrogen-bond donors (Lipinski definition) is 1.